The molecule has 2 nitrogen and oxygen atoms in total. The number of allylic oxidation sites excluding steroid dienone is 1. The molecule has 0 fully saturated rings. The van der Waals surface area contributed by atoms with Gasteiger partial charge >= 0.3 is 0 Å². The summed E-state index contributed by atoms with van der Waals surface area (Å²) in [5.41, 5.74) is 6.86. The van der Waals surface area contributed by atoms with Crippen LogP contribution in [-0.4, -0.2) is 5.91 Å². The molecular formula is C15H16ClNO. The molecule has 0 saturated heterocycles. The Morgan fingerprint density at radius 2 is 2.50 bits per heavy atom. The molecule has 1 aromatic carbocycles. The normalized spacial score (nSPS) is 36.3. The van der Waals surface area contributed by atoms with Crippen molar-refractivity contribution in [3.8, 4) is 0 Å². The van der Waals surface area contributed by atoms with Crippen LogP contribution in [0.2, 0.25) is 5.02 Å². The number of carbonyl (C=O) groups excluding carboxylic acids is 1. The first-order valence-corrected chi connectivity index (χ1v) is 6.05. The molecule has 2 aliphatic carbocycles. The number of aryl methyl sites for hydroxylation is 1. The Hall–Kier alpha value is -1.28. The van der Waals surface area contributed by atoms with E-state index in [1.807, 2.05) is 0 Å². The zero-order valence-corrected chi connectivity index (χ0v) is 10.6. The Bertz CT molecular complexity index is 819. The van der Waals surface area contributed by atoms with E-state index in [1.54, 1.807) is 13.0 Å². The molecule has 3 rings (SSSR count). The predicted octanol–water partition coefficient (Wildman–Crippen LogP) is 3.24. The van der Waals surface area contributed by atoms with E-state index in [4.69, 9.17) is 25.6 Å². The maximum Gasteiger partial charge on any atom is 0.224 e. The molecular weight excluding hydrogens is 246 g/mol. The average Bonchev–Trinajstić information content (AvgIpc) is 2.82. The summed E-state index contributed by atoms with van der Waals surface area (Å²) in [6, 6.07) is 1.64. The fourth-order valence-corrected chi connectivity index (χ4v) is 2.60. The Morgan fingerprint density at radius 1 is 1.72 bits per heavy atom. The van der Waals surface area contributed by atoms with Crippen LogP contribution in [0, 0.1) is 12.8 Å². The van der Waals surface area contributed by atoms with Crippen LogP contribution in [0.1, 0.15) is 44.1 Å². The van der Waals surface area contributed by atoms with Crippen molar-refractivity contribution in [2.75, 3.05) is 0 Å². The highest BCUT2D eigenvalue weighted by Crippen LogP contribution is 2.45. The number of rotatable bonds is 1. The van der Waals surface area contributed by atoms with Crippen LogP contribution in [0.3, 0.4) is 0 Å². The number of amides is 1. The fraction of sp³-hybridized carbons (Fsp3) is 0.400. The van der Waals surface area contributed by atoms with Gasteiger partial charge in [0.15, 0.2) is 0 Å². The molecule has 0 saturated carbocycles. The number of halogens is 1. The van der Waals surface area contributed by atoms with Gasteiger partial charge in [-0.1, -0.05) is 17.7 Å². The smallest absolute Gasteiger partial charge is 0.224 e. The molecule has 2 N–H and O–H groups in total. The summed E-state index contributed by atoms with van der Waals surface area (Å²) in [4.78, 5) is 12.0. The van der Waals surface area contributed by atoms with Crippen molar-refractivity contribution in [1.29, 1.82) is 0 Å². The van der Waals surface area contributed by atoms with Gasteiger partial charge in [0.05, 0.1) is 7.26 Å². The summed E-state index contributed by atoms with van der Waals surface area (Å²) in [7, 11) is 0. The first kappa shape index (κ1) is 6.76. The molecule has 18 heavy (non-hydrogen) atoms. The van der Waals surface area contributed by atoms with E-state index in [9.17, 15) is 4.79 Å². The highest BCUT2D eigenvalue weighted by Gasteiger charge is 2.33. The highest BCUT2D eigenvalue weighted by molar-refractivity contribution is 6.31. The maximum atomic E-state index is 12.0. The average molecular weight is 268 g/mol. The van der Waals surface area contributed by atoms with Crippen LogP contribution in [0.4, 0.5) is 0 Å². The van der Waals surface area contributed by atoms with Gasteiger partial charge in [-0.15, -0.1) is 0 Å². The second-order valence-electron chi connectivity index (χ2n) is 4.47. The van der Waals surface area contributed by atoms with Gasteiger partial charge in [0, 0.05) is 11.9 Å². The molecule has 0 bridgehead atoms. The van der Waals surface area contributed by atoms with E-state index in [-0.39, 0.29) is 34.2 Å². The van der Waals surface area contributed by atoms with Crippen LogP contribution in [0.5, 0.6) is 0 Å². The lowest BCUT2D eigenvalue weighted by Gasteiger charge is -2.22. The maximum absolute atomic E-state index is 12.0. The number of carbonyl (C=O) groups is 1. The first-order chi connectivity index (χ1) is 10.8. The Morgan fingerprint density at radius 3 is 3.22 bits per heavy atom. The molecule has 94 valence electrons. The molecule has 0 aromatic heterocycles. The summed E-state index contributed by atoms with van der Waals surface area (Å²) < 4.78 is 49.5. The number of fused-ring (bicyclic) bond motifs is 2. The molecule has 1 unspecified atom stereocenters. The lowest BCUT2D eigenvalue weighted by Crippen LogP contribution is -2.27. The zero-order valence-electron chi connectivity index (χ0n) is 15.9. The van der Waals surface area contributed by atoms with E-state index >= 15 is 0 Å². The van der Waals surface area contributed by atoms with Gasteiger partial charge in [0.1, 0.15) is 0 Å². The van der Waals surface area contributed by atoms with E-state index in [0.717, 1.165) is 0 Å². The first-order valence-electron chi connectivity index (χ1n) is 8.67. The highest BCUT2D eigenvalue weighted by atomic mass is 35.5. The van der Waals surface area contributed by atoms with Crippen molar-refractivity contribution < 1.29 is 13.0 Å². The second-order valence-corrected chi connectivity index (χ2v) is 4.84. The van der Waals surface area contributed by atoms with Crippen LogP contribution in [0.25, 0.3) is 5.57 Å². The Balaban J connectivity index is 2.39. The van der Waals surface area contributed by atoms with Crippen LogP contribution in [-0.2, 0) is 11.2 Å². The molecule has 1 amide bonds. The van der Waals surface area contributed by atoms with Crippen molar-refractivity contribution in [2.24, 2.45) is 11.6 Å². The molecule has 1 aromatic rings. The zero-order chi connectivity index (χ0) is 18.2. The van der Waals surface area contributed by atoms with Gasteiger partial charge in [-0.05, 0) is 66.4 Å². The van der Waals surface area contributed by atoms with E-state index in [1.165, 1.54) is 0 Å². The molecule has 0 radical (unpaired) electrons. The van der Waals surface area contributed by atoms with Crippen molar-refractivity contribution >= 4 is 23.1 Å². The minimum atomic E-state index is -2.45. The third kappa shape index (κ3) is 1.67. The van der Waals surface area contributed by atoms with E-state index in [2.05, 4.69) is 0 Å². The van der Waals surface area contributed by atoms with Gasteiger partial charge in [-0.25, -0.2) is 0 Å². The number of benzene rings is 1. The third-order valence-corrected chi connectivity index (χ3v) is 3.68. The lowest BCUT2D eigenvalue weighted by molar-refractivity contribution is -0.121. The van der Waals surface area contributed by atoms with E-state index in [0.29, 0.717) is 11.1 Å². The predicted molar refractivity (Wildman–Crippen MR) is 73.3 cm³/mol. The molecule has 2 aliphatic rings. The lowest BCUT2D eigenvalue weighted by atomic mass is 9.82. The molecule has 0 aliphatic heterocycles. The fourth-order valence-electron chi connectivity index (χ4n) is 2.45. The topological polar surface area (TPSA) is 43.1 Å². The summed E-state index contributed by atoms with van der Waals surface area (Å²) in [5, 5.41) is 0.182. The van der Waals surface area contributed by atoms with Crippen molar-refractivity contribution in [3.63, 3.8) is 0 Å². The van der Waals surface area contributed by atoms with Crippen molar-refractivity contribution in [2.45, 2.75) is 32.5 Å². The molecule has 1 atom stereocenters. The standard InChI is InChI=1S/C15H16ClNO/c1-8-5-9-6-13-10(12(9)7-14(8)16)3-2-4-11(13)15(17)18/h5,7,11H,2-4,6H2,1H3,(H2,17,18)/i3D2,4D2,7D,11D. The summed E-state index contributed by atoms with van der Waals surface area (Å²) in [6.45, 7) is 1.72. The van der Waals surface area contributed by atoms with Crippen LogP contribution in [0.15, 0.2) is 17.7 Å². The molecule has 0 spiro atoms. The minimum absolute atomic E-state index is 0.00131. The second kappa shape index (κ2) is 4.13. The quantitative estimate of drug-likeness (QED) is 0.834. The molecule has 0 heterocycles. The van der Waals surface area contributed by atoms with Crippen LogP contribution >= 0.6 is 11.6 Å². The SMILES string of the molecule is [2H]c1c(Cl)c(C)cc2c1C1=C(C2)C([2H])(C(N)=O)C([2H])([2H])CC1([2H])[2H]. The largest absolute Gasteiger partial charge is 0.369 e. The van der Waals surface area contributed by atoms with Gasteiger partial charge in [-0.2, -0.15) is 0 Å². The number of hydrogen-bond acceptors (Lipinski definition) is 1. The third-order valence-electron chi connectivity index (χ3n) is 3.29. The number of primary amides is 1. The summed E-state index contributed by atoms with van der Waals surface area (Å²) >= 11 is 6.13. The van der Waals surface area contributed by atoms with Crippen molar-refractivity contribution in [3.05, 3.63) is 39.4 Å². The van der Waals surface area contributed by atoms with Crippen LogP contribution < -0.4 is 5.73 Å². The Kier molecular flexibility index (Phi) is 1.55. The van der Waals surface area contributed by atoms with E-state index < -0.39 is 31.0 Å². The van der Waals surface area contributed by atoms with Gasteiger partial charge in [-0.3, -0.25) is 4.79 Å². The number of hydrogen-bond donors (Lipinski definition) is 1. The summed E-state index contributed by atoms with van der Waals surface area (Å²) in [6.07, 6.45) is -5.25. The summed E-state index contributed by atoms with van der Waals surface area (Å²) in [5.74, 6) is -3.53. The Labute approximate surface area is 120 Å². The monoisotopic (exact) mass is 267 g/mol. The minimum Gasteiger partial charge on any atom is -0.369 e. The van der Waals surface area contributed by atoms with Gasteiger partial charge < -0.3 is 5.73 Å². The molecule has 3 heteroatoms. The van der Waals surface area contributed by atoms with Gasteiger partial charge in [0.2, 0.25) is 5.91 Å². The van der Waals surface area contributed by atoms with Gasteiger partial charge in [0.25, 0.3) is 0 Å². The van der Waals surface area contributed by atoms with Crippen molar-refractivity contribution in [1.82, 2.24) is 0 Å². The number of nitrogens with two attached hydrogens (primary N) is 1.